The molecule has 0 aliphatic rings. The summed E-state index contributed by atoms with van der Waals surface area (Å²) in [5.74, 6) is 0. The molecule has 0 fully saturated rings. The quantitative estimate of drug-likeness (QED) is 0.325. The van der Waals surface area contributed by atoms with Crippen LogP contribution in [0.2, 0.25) is 0 Å². The van der Waals surface area contributed by atoms with Gasteiger partial charge in [-0.1, -0.05) is 20.8 Å². The minimum Gasteiger partial charge on any atom is -0.391 e. The van der Waals surface area contributed by atoms with Gasteiger partial charge in [0.05, 0.1) is 6.10 Å². The highest BCUT2D eigenvalue weighted by Gasteiger charge is 2.20. The second kappa shape index (κ2) is 5.45. The number of hydrogen-bond acceptors (Lipinski definition) is 3. The van der Waals surface area contributed by atoms with E-state index in [1.54, 1.807) is 0 Å². The van der Waals surface area contributed by atoms with Gasteiger partial charge in [-0.2, -0.15) is 0 Å². The van der Waals surface area contributed by atoms with Gasteiger partial charge in [0, 0.05) is 13.2 Å². The summed E-state index contributed by atoms with van der Waals surface area (Å²) < 4.78 is 11.5. The van der Waals surface area contributed by atoms with Crippen molar-refractivity contribution in [3.05, 3.63) is 0 Å². The topological polar surface area (TPSA) is 44.3 Å². The van der Waals surface area contributed by atoms with Crippen LogP contribution in [0.4, 0.5) is 4.39 Å². The summed E-state index contributed by atoms with van der Waals surface area (Å²) in [6, 6.07) is 0. The zero-order chi connectivity index (χ0) is 9.61. The molecule has 0 aliphatic carbocycles. The van der Waals surface area contributed by atoms with E-state index in [1.807, 2.05) is 20.8 Å². The third kappa shape index (κ3) is 5.46. The Morgan fingerprint density at radius 3 is 2.33 bits per heavy atom. The number of halogens is 1. The Balaban J connectivity index is 3.38. The Bertz CT molecular complexity index is 114. The molecule has 0 bridgehead atoms. The van der Waals surface area contributed by atoms with Crippen LogP contribution in [0.5, 0.6) is 0 Å². The van der Waals surface area contributed by atoms with E-state index in [2.05, 4.69) is 10.6 Å². The maximum absolute atomic E-state index is 11.5. The van der Waals surface area contributed by atoms with E-state index in [4.69, 9.17) is 0 Å². The summed E-state index contributed by atoms with van der Waals surface area (Å²) in [6.07, 6.45) is -0.404. The second-order valence-electron chi connectivity index (χ2n) is 3.90. The Kier molecular flexibility index (Phi) is 5.37. The predicted molar refractivity (Wildman–Crippen MR) is 47.4 cm³/mol. The zero-order valence-corrected chi connectivity index (χ0v) is 8.02. The van der Waals surface area contributed by atoms with E-state index in [0.717, 1.165) is 0 Å². The van der Waals surface area contributed by atoms with Crippen LogP contribution in [0.3, 0.4) is 0 Å². The molecular weight excluding hydrogens is 159 g/mol. The number of aliphatic hydroxyl groups excluding tert-OH is 1. The molecule has 0 radical (unpaired) electrons. The summed E-state index contributed by atoms with van der Waals surface area (Å²) in [5.41, 5.74) is -0.122. The van der Waals surface area contributed by atoms with E-state index >= 15 is 0 Å². The smallest absolute Gasteiger partial charge is 0.141 e. The predicted octanol–water partition coefficient (Wildman–Crippen LogP) is 0.457. The maximum atomic E-state index is 11.5. The van der Waals surface area contributed by atoms with Crippen molar-refractivity contribution >= 4 is 0 Å². The standard InChI is InChI=1S/C8H19FN2O/c1-8(2,3)7(12)4-10-6-11-5-9/h7,10-12H,4-6H2,1-3H3. The van der Waals surface area contributed by atoms with Gasteiger partial charge in [0.1, 0.15) is 6.80 Å². The lowest BCUT2D eigenvalue weighted by Gasteiger charge is -2.25. The van der Waals surface area contributed by atoms with Crippen molar-refractivity contribution in [2.24, 2.45) is 5.41 Å². The van der Waals surface area contributed by atoms with E-state index in [9.17, 15) is 9.50 Å². The van der Waals surface area contributed by atoms with Crippen LogP contribution in [-0.2, 0) is 0 Å². The molecule has 4 heteroatoms. The minimum absolute atomic E-state index is 0.122. The molecule has 12 heavy (non-hydrogen) atoms. The highest BCUT2D eigenvalue weighted by Crippen LogP contribution is 2.17. The highest BCUT2D eigenvalue weighted by molar-refractivity contribution is 4.74. The number of hydrogen-bond donors (Lipinski definition) is 3. The SMILES string of the molecule is CC(C)(C)C(O)CNCNCF. The van der Waals surface area contributed by atoms with E-state index < -0.39 is 12.9 Å². The molecule has 0 amide bonds. The summed E-state index contributed by atoms with van der Waals surface area (Å²) in [6.45, 7) is 6.21. The van der Waals surface area contributed by atoms with Gasteiger partial charge < -0.3 is 10.4 Å². The third-order valence-electron chi connectivity index (χ3n) is 1.68. The van der Waals surface area contributed by atoms with Crippen molar-refractivity contribution in [1.82, 2.24) is 10.6 Å². The molecule has 3 N–H and O–H groups in total. The first-order valence-electron chi connectivity index (χ1n) is 4.14. The Morgan fingerprint density at radius 2 is 1.92 bits per heavy atom. The van der Waals surface area contributed by atoms with Gasteiger partial charge in [-0.25, -0.2) is 4.39 Å². The summed E-state index contributed by atoms with van der Waals surface area (Å²) in [4.78, 5) is 0. The first-order valence-corrected chi connectivity index (χ1v) is 4.14. The number of alkyl halides is 1. The largest absolute Gasteiger partial charge is 0.391 e. The average Bonchev–Trinajstić information content (AvgIpc) is 1.96. The minimum atomic E-state index is -0.543. The van der Waals surface area contributed by atoms with Crippen molar-refractivity contribution in [2.45, 2.75) is 26.9 Å². The maximum Gasteiger partial charge on any atom is 0.141 e. The Hall–Kier alpha value is -0.190. The lowest BCUT2D eigenvalue weighted by atomic mass is 9.89. The average molecular weight is 178 g/mol. The summed E-state index contributed by atoms with van der Waals surface area (Å²) >= 11 is 0. The molecule has 0 aromatic carbocycles. The molecule has 1 atom stereocenters. The van der Waals surface area contributed by atoms with E-state index in [0.29, 0.717) is 13.2 Å². The molecule has 1 unspecified atom stereocenters. The van der Waals surface area contributed by atoms with Crippen LogP contribution in [0.25, 0.3) is 0 Å². The molecule has 0 aliphatic heterocycles. The van der Waals surface area contributed by atoms with Crippen LogP contribution < -0.4 is 10.6 Å². The van der Waals surface area contributed by atoms with Gasteiger partial charge in [-0.05, 0) is 5.41 Å². The summed E-state index contributed by atoms with van der Waals surface area (Å²) in [7, 11) is 0. The lowest BCUT2D eigenvalue weighted by Crippen LogP contribution is -2.40. The van der Waals surface area contributed by atoms with Gasteiger partial charge in [-0.15, -0.1) is 0 Å². The molecule has 0 heterocycles. The van der Waals surface area contributed by atoms with Crippen molar-refractivity contribution in [3.63, 3.8) is 0 Å². The van der Waals surface area contributed by atoms with Crippen molar-refractivity contribution < 1.29 is 9.50 Å². The van der Waals surface area contributed by atoms with E-state index in [1.165, 1.54) is 0 Å². The van der Waals surface area contributed by atoms with E-state index in [-0.39, 0.29) is 5.41 Å². The Morgan fingerprint density at radius 1 is 1.33 bits per heavy atom. The fourth-order valence-corrected chi connectivity index (χ4v) is 0.651. The number of aliphatic hydroxyl groups is 1. The third-order valence-corrected chi connectivity index (χ3v) is 1.68. The molecule has 3 nitrogen and oxygen atoms in total. The molecule has 0 aromatic rings. The molecule has 0 rings (SSSR count). The zero-order valence-electron chi connectivity index (χ0n) is 8.02. The van der Waals surface area contributed by atoms with Crippen LogP contribution in [0, 0.1) is 5.41 Å². The number of rotatable bonds is 5. The molecule has 74 valence electrons. The fourth-order valence-electron chi connectivity index (χ4n) is 0.651. The van der Waals surface area contributed by atoms with Crippen LogP contribution in [0.15, 0.2) is 0 Å². The molecule has 0 spiro atoms. The summed E-state index contributed by atoms with van der Waals surface area (Å²) in [5, 5.41) is 14.9. The van der Waals surface area contributed by atoms with Gasteiger partial charge in [0.2, 0.25) is 0 Å². The van der Waals surface area contributed by atoms with Crippen LogP contribution in [-0.4, -0.2) is 31.2 Å². The first-order chi connectivity index (χ1) is 5.48. The van der Waals surface area contributed by atoms with Crippen molar-refractivity contribution in [2.75, 3.05) is 20.0 Å². The van der Waals surface area contributed by atoms with Crippen molar-refractivity contribution in [3.8, 4) is 0 Å². The molecule has 0 aromatic heterocycles. The first kappa shape index (κ1) is 11.8. The number of nitrogens with one attached hydrogen (secondary N) is 2. The molecular formula is C8H19FN2O. The van der Waals surface area contributed by atoms with Crippen LogP contribution in [0.1, 0.15) is 20.8 Å². The normalized spacial score (nSPS) is 14.8. The monoisotopic (exact) mass is 178 g/mol. The van der Waals surface area contributed by atoms with Crippen LogP contribution >= 0.6 is 0 Å². The molecule has 0 saturated heterocycles. The highest BCUT2D eigenvalue weighted by atomic mass is 19.1. The van der Waals surface area contributed by atoms with Gasteiger partial charge in [0.15, 0.2) is 0 Å². The second-order valence-corrected chi connectivity index (χ2v) is 3.90. The lowest BCUT2D eigenvalue weighted by molar-refractivity contribution is 0.0625. The van der Waals surface area contributed by atoms with Gasteiger partial charge in [-0.3, -0.25) is 5.32 Å². The van der Waals surface area contributed by atoms with Gasteiger partial charge in [0.25, 0.3) is 0 Å². The van der Waals surface area contributed by atoms with Gasteiger partial charge >= 0.3 is 0 Å². The molecule has 0 saturated carbocycles. The van der Waals surface area contributed by atoms with Crippen molar-refractivity contribution in [1.29, 1.82) is 0 Å². The Labute approximate surface area is 73.4 Å². The fraction of sp³-hybridized carbons (Fsp3) is 1.00.